The lowest BCUT2D eigenvalue weighted by Gasteiger charge is -2.32. The summed E-state index contributed by atoms with van der Waals surface area (Å²) < 4.78 is 26.2. The fraction of sp³-hybridized carbons (Fsp3) is 0.316. The number of nitrogens with one attached hydrogen (secondary N) is 2. The predicted octanol–water partition coefficient (Wildman–Crippen LogP) is 1.03. The number of rotatable bonds is 3. The largest absolute Gasteiger partial charge is 0.321 e. The van der Waals surface area contributed by atoms with Gasteiger partial charge in [0, 0.05) is 54.3 Å². The molecule has 0 bridgehead atoms. The van der Waals surface area contributed by atoms with Crippen LogP contribution in [-0.4, -0.2) is 56.5 Å². The van der Waals surface area contributed by atoms with E-state index in [0.717, 1.165) is 35.0 Å². The van der Waals surface area contributed by atoms with Crippen molar-refractivity contribution in [1.82, 2.24) is 19.7 Å². The maximum Gasteiger partial charge on any atom is 0.256 e. The molecule has 0 spiro atoms. The zero-order valence-electron chi connectivity index (χ0n) is 14.9. The highest BCUT2D eigenvalue weighted by Gasteiger charge is 2.29. The summed E-state index contributed by atoms with van der Waals surface area (Å²) in [7, 11) is -1.67. The summed E-state index contributed by atoms with van der Waals surface area (Å²) in [6.45, 7) is 2.94. The molecule has 1 aliphatic carbocycles. The molecule has 1 aliphatic heterocycles. The number of H-pyrrole nitrogens is 1. The SMILES string of the molecule is CN1CCN(NS(=O)(=O)c2ccc3[nH]c(=O)c4cccc5c4c3c2C5)CC1. The van der Waals surface area contributed by atoms with Crippen LogP contribution in [0.1, 0.15) is 11.1 Å². The van der Waals surface area contributed by atoms with Crippen LogP contribution in [0, 0.1) is 0 Å². The number of hydrogen-bond donors (Lipinski definition) is 2. The summed E-state index contributed by atoms with van der Waals surface area (Å²) >= 11 is 0. The van der Waals surface area contributed by atoms with Crippen molar-refractivity contribution < 1.29 is 8.42 Å². The Morgan fingerprint density at radius 3 is 2.59 bits per heavy atom. The van der Waals surface area contributed by atoms with E-state index in [2.05, 4.69) is 14.7 Å². The molecular formula is C19H20N4O3S. The third-order valence-corrected chi connectivity index (χ3v) is 7.03. The molecule has 2 heterocycles. The van der Waals surface area contributed by atoms with Crippen molar-refractivity contribution in [1.29, 1.82) is 0 Å². The third kappa shape index (κ3) is 2.60. The lowest BCUT2D eigenvalue weighted by atomic mass is 10.1. The monoisotopic (exact) mass is 384 g/mol. The van der Waals surface area contributed by atoms with Gasteiger partial charge in [-0.05, 0) is 36.4 Å². The smallest absolute Gasteiger partial charge is 0.256 e. The quantitative estimate of drug-likeness (QED) is 0.515. The summed E-state index contributed by atoms with van der Waals surface area (Å²) in [5.74, 6) is 0. The maximum absolute atomic E-state index is 13.1. The van der Waals surface area contributed by atoms with Gasteiger partial charge in [0.25, 0.3) is 15.6 Å². The normalized spacial score (nSPS) is 18.1. The van der Waals surface area contributed by atoms with Crippen LogP contribution < -0.4 is 10.4 Å². The van der Waals surface area contributed by atoms with Crippen molar-refractivity contribution in [2.24, 2.45) is 0 Å². The predicted molar refractivity (Wildman–Crippen MR) is 104 cm³/mol. The Kier molecular flexibility index (Phi) is 3.67. The van der Waals surface area contributed by atoms with Gasteiger partial charge in [0.1, 0.15) is 0 Å². The van der Waals surface area contributed by atoms with Gasteiger partial charge in [-0.25, -0.2) is 13.4 Å². The molecule has 0 radical (unpaired) electrons. The molecule has 0 saturated carbocycles. The summed E-state index contributed by atoms with van der Waals surface area (Å²) in [6.07, 6.45) is 0.514. The zero-order valence-corrected chi connectivity index (χ0v) is 15.8. The van der Waals surface area contributed by atoms with Gasteiger partial charge < -0.3 is 9.88 Å². The fourth-order valence-electron chi connectivity index (χ4n) is 4.17. The molecule has 140 valence electrons. The van der Waals surface area contributed by atoms with Crippen LogP contribution in [0.4, 0.5) is 0 Å². The van der Waals surface area contributed by atoms with Crippen LogP contribution in [0.15, 0.2) is 40.0 Å². The highest BCUT2D eigenvalue weighted by Crippen LogP contribution is 2.39. The van der Waals surface area contributed by atoms with Crippen LogP contribution in [0.2, 0.25) is 0 Å². The first-order chi connectivity index (χ1) is 12.9. The van der Waals surface area contributed by atoms with E-state index in [9.17, 15) is 13.2 Å². The van der Waals surface area contributed by atoms with E-state index in [1.54, 1.807) is 23.2 Å². The number of sulfonamides is 1. The molecule has 27 heavy (non-hydrogen) atoms. The first-order valence-corrected chi connectivity index (χ1v) is 10.5. The standard InChI is InChI=1S/C19H20N4O3S/c1-22-7-9-23(10-8-22)21-27(25,26)16-6-5-15-18-14(16)11-12-3-2-4-13(17(12)18)19(24)20-15/h2-6,21H,7-11H2,1H3,(H,20,24). The van der Waals surface area contributed by atoms with Crippen LogP contribution in [0.5, 0.6) is 0 Å². The molecule has 1 saturated heterocycles. The third-order valence-electron chi connectivity index (χ3n) is 5.57. The highest BCUT2D eigenvalue weighted by molar-refractivity contribution is 7.89. The average molecular weight is 384 g/mol. The minimum atomic E-state index is -3.69. The van der Waals surface area contributed by atoms with Gasteiger partial charge in [-0.2, -0.15) is 0 Å². The number of hydrazine groups is 1. The molecule has 0 atom stereocenters. The lowest BCUT2D eigenvalue weighted by Crippen LogP contribution is -2.52. The van der Waals surface area contributed by atoms with Gasteiger partial charge in [0.2, 0.25) is 0 Å². The molecular weight excluding hydrogens is 364 g/mol. The Balaban J connectivity index is 1.63. The molecule has 1 fully saturated rings. The van der Waals surface area contributed by atoms with Crippen molar-refractivity contribution >= 4 is 31.7 Å². The van der Waals surface area contributed by atoms with Crippen molar-refractivity contribution in [3.8, 4) is 0 Å². The molecule has 2 aromatic carbocycles. The van der Waals surface area contributed by atoms with Crippen molar-refractivity contribution in [3.63, 3.8) is 0 Å². The second-order valence-electron chi connectivity index (χ2n) is 7.32. The average Bonchev–Trinajstić information content (AvgIpc) is 3.03. The Labute approximate surface area is 156 Å². The van der Waals surface area contributed by atoms with E-state index < -0.39 is 10.0 Å². The number of piperazine rings is 1. The topological polar surface area (TPSA) is 85.5 Å². The minimum absolute atomic E-state index is 0.140. The zero-order chi connectivity index (χ0) is 18.8. The molecule has 0 amide bonds. The number of hydrogen-bond acceptors (Lipinski definition) is 5. The summed E-state index contributed by atoms with van der Waals surface area (Å²) in [4.78, 5) is 20.4. The second-order valence-corrected chi connectivity index (χ2v) is 8.95. The second kappa shape index (κ2) is 5.87. The van der Waals surface area contributed by atoms with Gasteiger partial charge in [0.05, 0.1) is 4.90 Å². The highest BCUT2D eigenvalue weighted by atomic mass is 32.2. The van der Waals surface area contributed by atoms with E-state index in [1.807, 2.05) is 19.2 Å². The molecule has 2 N–H and O–H groups in total. The minimum Gasteiger partial charge on any atom is -0.321 e. The molecule has 1 aromatic heterocycles. The molecule has 2 aliphatic rings. The van der Waals surface area contributed by atoms with Gasteiger partial charge in [-0.15, -0.1) is 4.83 Å². The first kappa shape index (κ1) is 16.9. The summed E-state index contributed by atoms with van der Waals surface area (Å²) in [6, 6.07) is 8.90. The Bertz CT molecular complexity index is 1240. The molecule has 0 unspecified atom stereocenters. The lowest BCUT2D eigenvalue weighted by molar-refractivity contribution is 0.135. The summed E-state index contributed by atoms with van der Waals surface area (Å²) in [5, 5.41) is 4.10. The number of likely N-dealkylation sites (N-methyl/N-ethyl adjacent to an activating group) is 1. The Morgan fingerprint density at radius 1 is 1.04 bits per heavy atom. The van der Waals surface area contributed by atoms with Crippen LogP contribution in [-0.2, 0) is 16.4 Å². The van der Waals surface area contributed by atoms with Gasteiger partial charge in [-0.1, -0.05) is 12.1 Å². The molecule has 8 heteroatoms. The van der Waals surface area contributed by atoms with E-state index >= 15 is 0 Å². The van der Waals surface area contributed by atoms with Crippen molar-refractivity contribution in [2.45, 2.75) is 11.3 Å². The summed E-state index contributed by atoms with van der Waals surface area (Å²) in [5.41, 5.74) is 2.31. The van der Waals surface area contributed by atoms with Crippen LogP contribution in [0.25, 0.3) is 21.7 Å². The van der Waals surface area contributed by atoms with E-state index in [-0.39, 0.29) is 5.56 Å². The Morgan fingerprint density at radius 2 is 1.81 bits per heavy atom. The number of aromatic amines is 1. The van der Waals surface area contributed by atoms with Gasteiger partial charge in [0.15, 0.2) is 0 Å². The van der Waals surface area contributed by atoms with Crippen molar-refractivity contribution in [3.05, 3.63) is 51.8 Å². The fourth-order valence-corrected chi connectivity index (χ4v) is 5.54. The molecule has 7 nitrogen and oxygen atoms in total. The number of nitrogens with zero attached hydrogens (tertiary/aromatic N) is 2. The first-order valence-electron chi connectivity index (χ1n) is 8.99. The van der Waals surface area contributed by atoms with E-state index in [0.29, 0.717) is 35.3 Å². The van der Waals surface area contributed by atoms with Crippen LogP contribution >= 0.6 is 0 Å². The van der Waals surface area contributed by atoms with E-state index in [1.165, 1.54) is 0 Å². The van der Waals surface area contributed by atoms with Crippen LogP contribution in [0.3, 0.4) is 0 Å². The molecule has 5 rings (SSSR count). The number of benzene rings is 2. The molecule has 3 aromatic rings. The van der Waals surface area contributed by atoms with E-state index in [4.69, 9.17) is 0 Å². The Hall–Kier alpha value is -2.26. The maximum atomic E-state index is 13.1. The van der Waals surface area contributed by atoms with Gasteiger partial charge in [-0.3, -0.25) is 4.79 Å². The number of pyridine rings is 1. The van der Waals surface area contributed by atoms with Gasteiger partial charge >= 0.3 is 0 Å². The van der Waals surface area contributed by atoms with Crippen molar-refractivity contribution in [2.75, 3.05) is 33.2 Å². The number of aromatic nitrogens is 1.